The molecule has 0 spiro atoms. The van der Waals surface area contributed by atoms with Gasteiger partial charge in [-0.2, -0.15) is 13.2 Å². The molecule has 1 aliphatic rings. The zero-order chi connectivity index (χ0) is 13.5. The lowest BCUT2D eigenvalue weighted by Crippen LogP contribution is -2.29. The van der Waals surface area contributed by atoms with Crippen LogP contribution in [0.25, 0.3) is 0 Å². The summed E-state index contributed by atoms with van der Waals surface area (Å²) in [7, 11) is 0. The molecule has 7 heteroatoms. The summed E-state index contributed by atoms with van der Waals surface area (Å²) >= 11 is 0. The fourth-order valence-electron chi connectivity index (χ4n) is 1.92. The van der Waals surface area contributed by atoms with Crippen LogP contribution in [0.2, 0.25) is 0 Å². The molecule has 0 radical (unpaired) electrons. The van der Waals surface area contributed by atoms with Gasteiger partial charge in [-0.3, -0.25) is 4.79 Å². The number of hydrogen-bond acceptors (Lipinski definition) is 3. The molecule has 0 bridgehead atoms. The van der Waals surface area contributed by atoms with E-state index in [1.807, 2.05) is 0 Å². The van der Waals surface area contributed by atoms with Gasteiger partial charge in [0, 0.05) is 19.0 Å². The zero-order valence-electron chi connectivity index (χ0n) is 9.37. The minimum absolute atomic E-state index is 0.0720. The smallest absolute Gasteiger partial charge is 0.397 e. The average Bonchev–Trinajstić information content (AvgIpc) is 2.56. The maximum atomic E-state index is 12.6. The Morgan fingerprint density at radius 3 is 2.50 bits per heavy atom. The third-order valence-electron chi connectivity index (χ3n) is 2.80. The van der Waals surface area contributed by atoms with E-state index in [0.29, 0.717) is 0 Å². The van der Waals surface area contributed by atoms with Crippen LogP contribution in [0.4, 0.5) is 24.5 Å². The Bertz CT molecular complexity index is 487. The van der Waals surface area contributed by atoms with Crippen molar-refractivity contribution in [3.8, 4) is 0 Å². The van der Waals surface area contributed by atoms with E-state index in [2.05, 4.69) is 0 Å². The Morgan fingerprint density at radius 2 is 2.00 bits per heavy atom. The monoisotopic (exact) mass is 259 g/mol. The van der Waals surface area contributed by atoms with Crippen LogP contribution in [0, 0.1) is 0 Å². The van der Waals surface area contributed by atoms with Gasteiger partial charge in [0.25, 0.3) is 0 Å². The normalized spacial score (nSPS) is 20.6. The first-order valence-corrected chi connectivity index (χ1v) is 5.31. The summed E-state index contributed by atoms with van der Waals surface area (Å²) in [5, 5.41) is 0. The standard InChI is InChI=1S/C11H12F3N3O/c12-11(13,14)6-1-2-8(16)9(3-6)17-5-7(15)4-10(17)18/h1-3,7H,4-5,15-16H2. The first kappa shape index (κ1) is 12.7. The molecule has 0 aliphatic carbocycles. The molecular weight excluding hydrogens is 247 g/mol. The number of benzene rings is 1. The summed E-state index contributed by atoms with van der Waals surface area (Å²) in [6.07, 6.45) is -4.34. The van der Waals surface area contributed by atoms with Crippen LogP contribution < -0.4 is 16.4 Å². The van der Waals surface area contributed by atoms with Crippen molar-refractivity contribution < 1.29 is 18.0 Å². The van der Waals surface area contributed by atoms with Crippen LogP contribution in [0.5, 0.6) is 0 Å². The molecule has 1 aromatic carbocycles. The number of nitrogen functional groups attached to an aromatic ring is 1. The van der Waals surface area contributed by atoms with Gasteiger partial charge in [0.1, 0.15) is 0 Å². The molecule has 1 unspecified atom stereocenters. The van der Waals surface area contributed by atoms with Crippen molar-refractivity contribution in [1.29, 1.82) is 0 Å². The van der Waals surface area contributed by atoms with Crippen molar-refractivity contribution in [2.45, 2.75) is 18.6 Å². The number of nitrogens with zero attached hydrogens (tertiary/aromatic N) is 1. The van der Waals surface area contributed by atoms with Gasteiger partial charge in [0.2, 0.25) is 5.91 Å². The minimum Gasteiger partial charge on any atom is -0.397 e. The second-order valence-electron chi connectivity index (χ2n) is 4.24. The fourth-order valence-corrected chi connectivity index (χ4v) is 1.92. The summed E-state index contributed by atoms with van der Waals surface area (Å²) in [6.45, 7) is 0.185. The number of nitrogens with two attached hydrogens (primary N) is 2. The number of rotatable bonds is 1. The van der Waals surface area contributed by atoms with Crippen molar-refractivity contribution in [2.24, 2.45) is 5.73 Å². The van der Waals surface area contributed by atoms with Gasteiger partial charge in [-0.15, -0.1) is 0 Å². The predicted octanol–water partition coefficient (Wildman–Crippen LogP) is 1.35. The number of carbonyl (C=O) groups excluding carboxylic acids is 1. The van der Waals surface area contributed by atoms with Crippen molar-refractivity contribution >= 4 is 17.3 Å². The highest BCUT2D eigenvalue weighted by Crippen LogP contribution is 2.35. The summed E-state index contributed by atoms with van der Waals surface area (Å²) in [5.41, 5.74) is 10.6. The number of amides is 1. The maximum absolute atomic E-state index is 12.6. The average molecular weight is 259 g/mol. The van der Waals surface area contributed by atoms with Crippen molar-refractivity contribution in [2.75, 3.05) is 17.2 Å². The van der Waals surface area contributed by atoms with Crippen molar-refractivity contribution in [3.05, 3.63) is 23.8 Å². The largest absolute Gasteiger partial charge is 0.416 e. The van der Waals surface area contributed by atoms with Crippen LogP contribution in [-0.4, -0.2) is 18.5 Å². The highest BCUT2D eigenvalue weighted by atomic mass is 19.4. The summed E-state index contributed by atoms with van der Waals surface area (Å²) in [5.74, 6) is -0.312. The molecular formula is C11H12F3N3O. The second kappa shape index (κ2) is 4.16. The van der Waals surface area contributed by atoms with E-state index in [-0.39, 0.29) is 36.3 Å². The minimum atomic E-state index is -4.46. The SMILES string of the molecule is Nc1ccc(C(F)(F)F)cc1N1CC(N)CC1=O. The number of alkyl halides is 3. The third-order valence-corrected chi connectivity index (χ3v) is 2.80. The lowest BCUT2D eigenvalue weighted by molar-refractivity contribution is -0.137. The maximum Gasteiger partial charge on any atom is 0.416 e. The van der Waals surface area contributed by atoms with E-state index in [9.17, 15) is 18.0 Å². The summed E-state index contributed by atoms with van der Waals surface area (Å²) < 4.78 is 37.8. The molecule has 2 rings (SSSR count). The molecule has 1 aromatic rings. The first-order chi connectivity index (χ1) is 8.29. The molecule has 0 saturated carbocycles. The van der Waals surface area contributed by atoms with Crippen LogP contribution in [0.15, 0.2) is 18.2 Å². The van der Waals surface area contributed by atoms with Gasteiger partial charge < -0.3 is 16.4 Å². The lowest BCUT2D eigenvalue weighted by Gasteiger charge is -2.20. The fraction of sp³-hybridized carbons (Fsp3) is 0.364. The Balaban J connectivity index is 2.41. The van der Waals surface area contributed by atoms with Crippen LogP contribution in [-0.2, 0) is 11.0 Å². The zero-order valence-corrected chi connectivity index (χ0v) is 9.37. The summed E-state index contributed by atoms with van der Waals surface area (Å²) in [6, 6.07) is 2.55. The third kappa shape index (κ3) is 2.26. The molecule has 1 heterocycles. The summed E-state index contributed by atoms with van der Waals surface area (Å²) in [4.78, 5) is 12.8. The molecule has 18 heavy (non-hydrogen) atoms. The van der Waals surface area contributed by atoms with Gasteiger partial charge in [0.05, 0.1) is 16.9 Å². The van der Waals surface area contributed by atoms with Crippen molar-refractivity contribution in [3.63, 3.8) is 0 Å². The van der Waals surface area contributed by atoms with Crippen LogP contribution in [0.1, 0.15) is 12.0 Å². The number of anilines is 2. The van der Waals surface area contributed by atoms with E-state index in [4.69, 9.17) is 11.5 Å². The molecule has 1 aliphatic heterocycles. The Hall–Kier alpha value is -1.76. The van der Waals surface area contributed by atoms with Gasteiger partial charge in [-0.1, -0.05) is 0 Å². The van der Waals surface area contributed by atoms with Crippen LogP contribution in [0.3, 0.4) is 0 Å². The molecule has 4 N–H and O–H groups in total. The molecule has 1 fully saturated rings. The first-order valence-electron chi connectivity index (χ1n) is 5.31. The quantitative estimate of drug-likeness (QED) is 0.748. The molecule has 1 atom stereocenters. The Labute approximate surface area is 101 Å². The van der Waals surface area contributed by atoms with Crippen molar-refractivity contribution in [1.82, 2.24) is 0 Å². The van der Waals surface area contributed by atoms with Gasteiger partial charge in [0.15, 0.2) is 0 Å². The van der Waals surface area contributed by atoms with Gasteiger partial charge in [-0.25, -0.2) is 0 Å². The molecule has 4 nitrogen and oxygen atoms in total. The highest BCUT2D eigenvalue weighted by Gasteiger charge is 2.34. The number of halogens is 3. The van der Waals surface area contributed by atoms with E-state index < -0.39 is 11.7 Å². The second-order valence-corrected chi connectivity index (χ2v) is 4.24. The lowest BCUT2D eigenvalue weighted by atomic mass is 10.1. The highest BCUT2D eigenvalue weighted by molar-refractivity contribution is 5.99. The van der Waals surface area contributed by atoms with E-state index in [1.54, 1.807) is 0 Å². The Kier molecular flexibility index (Phi) is 2.94. The molecule has 98 valence electrons. The number of hydrogen-bond donors (Lipinski definition) is 2. The molecule has 0 aromatic heterocycles. The predicted molar refractivity (Wildman–Crippen MR) is 60.8 cm³/mol. The topological polar surface area (TPSA) is 72.3 Å². The van der Waals surface area contributed by atoms with Gasteiger partial charge in [-0.05, 0) is 18.2 Å². The van der Waals surface area contributed by atoms with Gasteiger partial charge >= 0.3 is 6.18 Å². The Morgan fingerprint density at radius 1 is 1.33 bits per heavy atom. The van der Waals surface area contributed by atoms with E-state index in [1.165, 1.54) is 4.90 Å². The van der Waals surface area contributed by atoms with E-state index >= 15 is 0 Å². The van der Waals surface area contributed by atoms with Crippen LogP contribution >= 0.6 is 0 Å². The number of carbonyl (C=O) groups is 1. The molecule has 1 saturated heterocycles. The van der Waals surface area contributed by atoms with E-state index in [0.717, 1.165) is 18.2 Å². The molecule has 1 amide bonds.